The fraction of sp³-hybridized carbons (Fsp3) is 0.636. The lowest BCUT2D eigenvalue weighted by atomic mass is 10.3. The van der Waals surface area contributed by atoms with Crippen molar-refractivity contribution in [3.8, 4) is 0 Å². The number of aromatic amines is 1. The summed E-state index contributed by atoms with van der Waals surface area (Å²) in [7, 11) is 0. The van der Waals surface area contributed by atoms with Crippen LogP contribution in [-0.4, -0.2) is 28.9 Å². The summed E-state index contributed by atoms with van der Waals surface area (Å²) in [6.07, 6.45) is -1.10. The first-order valence-corrected chi connectivity index (χ1v) is 6.15. The average Bonchev–Trinajstić information content (AvgIpc) is 2.77. The predicted molar refractivity (Wildman–Crippen MR) is 62.1 cm³/mol. The molecule has 0 unspecified atom stereocenters. The molecule has 1 heterocycles. The minimum absolute atomic E-state index is 0.288. The van der Waals surface area contributed by atoms with Gasteiger partial charge < -0.3 is 9.72 Å². The molecule has 0 aromatic carbocycles. The molecule has 106 valence electrons. The second-order valence-electron chi connectivity index (χ2n) is 4.35. The molecule has 0 spiro atoms. The maximum Gasteiger partial charge on any atom is 0.330 e. The van der Waals surface area contributed by atoms with Crippen molar-refractivity contribution >= 4 is 12.2 Å². The molecule has 0 amide bonds. The highest BCUT2D eigenvalue weighted by atomic mass is 32.1. The van der Waals surface area contributed by atoms with Crippen LogP contribution >= 0.6 is 12.2 Å². The summed E-state index contributed by atoms with van der Waals surface area (Å²) >= 11 is 5.08. The number of hydrogen-bond acceptors (Lipinski definition) is 3. The van der Waals surface area contributed by atoms with Crippen LogP contribution in [0.2, 0.25) is 0 Å². The normalized spacial score (nSPS) is 15.0. The number of ether oxygens (including phenoxy) is 1. The summed E-state index contributed by atoms with van der Waals surface area (Å²) in [4.78, 5) is 6.96. The summed E-state index contributed by atoms with van der Waals surface area (Å²) in [5, 5.41) is 0. The van der Waals surface area contributed by atoms with E-state index in [1.54, 1.807) is 0 Å². The number of fused-ring (bicyclic) bond motifs is 1. The Bertz CT molecular complexity index is 518. The van der Waals surface area contributed by atoms with E-state index in [9.17, 15) is 17.6 Å². The molecule has 0 bridgehead atoms. The van der Waals surface area contributed by atoms with E-state index < -0.39 is 19.0 Å². The third kappa shape index (κ3) is 3.30. The highest BCUT2D eigenvalue weighted by Crippen LogP contribution is 2.24. The Kier molecular flexibility index (Phi) is 4.19. The van der Waals surface area contributed by atoms with Crippen LogP contribution < -0.4 is 0 Å². The number of aromatic nitrogens is 2. The van der Waals surface area contributed by atoms with Gasteiger partial charge in [-0.05, 0) is 19.3 Å². The first-order chi connectivity index (χ1) is 8.90. The molecule has 0 aliphatic heterocycles. The van der Waals surface area contributed by atoms with Gasteiger partial charge in [-0.15, -0.1) is 0 Å². The van der Waals surface area contributed by atoms with Crippen molar-refractivity contribution in [1.82, 2.24) is 9.97 Å². The largest absolute Gasteiger partial charge is 0.367 e. The lowest BCUT2D eigenvalue weighted by molar-refractivity contribution is -0.168. The van der Waals surface area contributed by atoms with Crippen LogP contribution in [0.15, 0.2) is 0 Å². The molecule has 2 rings (SSSR count). The Morgan fingerprint density at radius 2 is 2.11 bits per heavy atom. The number of hydrogen-bond donors (Lipinski definition) is 1. The topological polar surface area (TPSA) is 37.9 Å². The van der Waals surface area contributed by atoms with Gasteiger partial charge in [-0.25, -0.2) is 13.8 Å². The molecule has 1 N–H and O–H groups in total. The van der Waals surface area contributed by atoms with Crippen LogP contribution in [0, 0.1) is 4.64 Å². The quantitative estimate of drug-likeness (QED) is 0.670. The van der Waals surface area contributed by atoms with E-state index in [0.29, 0.717) is 4.64 Å². The van der Waals surface area contributed by atoms with Crippen LogP contribution in [0.3, 0.4) is 0 Å². The van der Waals surface area contributed by atoms with Crippen LogP contribution in [0.25, 0.3) is 0 Å². The average molecular weight is 296 g/mol. The predicted octanol–water partition coefficient (Wildman–Crippen LogP) is 3.04. The smallest absolute Gasteiger partial charge is 0.330 e. The Morgan fingerprint density at radius 3 is 2.79 bits per heavy atom. The minimum atomic E-state index is -4.15. The number of rotatable bonds is 5. The van der Waals surface area contributed by atoms with Crippen molar-refractivity contribution < 1.29 is 22.3 Å². The summed E-state index contributed by atoms with van der Waals surface area (Å²) in [6, 6.07) is 0. The SMILES string of the molecule is FC(F)C(F)(F)COCc1nc(=S)c2c([nH]1)CCC2. The van der Waals surface area contributed by atoms with Gasteiger partial charge in [0.15, 0.2) is 0 Å². The van der Waals surface area contributed by atoms with Crippen molar-refractivity contribution in [2.45, 2.75) is 38.2 Å². The molecule has 0 atom stereocenters. The molecule has 1 aromatic rings. The molecular weight excluding hydrogens is 284 g/mol. The second-order valence-corrected chi connectivity index (χ2v) is 4.74. The van der Waals surface area contributed by atoms with E-state index in [1.165, 1.54) is 0 Å². The standard InChI is InChI=1S/C11H12F4N2OS/c12-10(13)11(14,15)5-18-4-8-16-7-3-1-2-6(7)9(19)17-8/h10H,1-5H2,(H,16,17,19). The molecule has 1 aromatic heterocycles. The first-order valence-electron chi connectivity index (χ1n) is 5.75. The summed E-state index contributed by atoms with van der Waals surface area (Å²) in [5.74, 6) is -3.86. The van der Waals surface area contributed by atoms with Gasteiger partial charge in [0, 0.05) is 11.3 Å². The van der Waals surface area contributed by atoms with E-state index in [-0.39, 0.29) is 12.4 Å². The van der Waals surface area contributed by atoms with Gasteiger partial charge in [-0.1, -0.05) is 12.2 Å². The van der Waals surface area contributed by atoms with E-state index in [4.69, 9.17) is 12.2 Å². The van der Waals surface area contributed by atoms with Crippen LogP contribution in [0.5, 0.6) is 0 Å². The van der Waals surface area contributed by atoms with Crippen molar-refractivity contribution in [1.29, 1.82) is 0 Å². The molecule has 8 heteroatoms. The van der Waals surface area contributed by atoms with Crippen molar-refractivity contribution in [2.24, 2.45) is 0 Å². The number of nitrogens with one attached hydrogen (secondary N) is 1. The Morgan fingerprint density at radius 1 is 1.37 bits per heavy atom. The molecule has 1 aliphatic carbocycles. The zero-order chi connectivity index (χ0) is 14.0. The Balaban J connectivity index is 1.98. The highest BCUT2D eigenvalue weighted by Gasteiger charge is 2.41. The lowest BCUT2D eigenvalue weighted by Gasteiger charge is -2.15. The van der Waals surface area contributed by atoms with Crippen LogP contribution in [0.1, 0.15) is 23.5 Å². The summed E-state index contributed by atoms with van der Waals surface area (Å²) in [5.41, 5.74) is 1.90. The number of alkyl halides is 4. The van der Waals surface area contributed by atoms with Crippen molar-refractivity contribution in [3.05, 3.63) is 21.7 Å². The van der Waals surface area contributed by atoms with Crippen LogP contribution in [0.4, 0.5) is 17.6 Å². The van der Waals surface area contributed by atoms with Gasteiger partial charge in [0.1, 0.15) is 23.7 Å². The summed E-state index contributed by atoms with van der Waals surface area (Å²) in [6.45, 7) is -1.64. The van der Waals surface area contributed by atoms with Gasteiger partial charge in [0.05, 0.1) is 0 Å². The molecule has 3 nitrogen and oxygen atoms in total. The zero-order valence-electron chi connectivity index (χ0n) is 9.89. The highest BCUT2D eigenvalue weighted by molar-refractivity contribution is 7.71. The number of nitrogens with zero attached hydrogens (tertiary/aromatic N) is 1. The third-order valence-electron chi connectivity index (χ3n) is 2.86. The number of halogens is 4. The zero-order valence-corrected chi connectivity index (χ0v) is 10.7. The molecule has 1 aliphatic rings. The second kappa shape index (κ2) is 5.54. The van der Waals surface area contributed by atoms with Crippen molar-refractivity contribution in [2.75, 3.05) is 6.61 Å². The lowest BCUT2D eigenvalue weighted by Crippen LogP contribution is -2.32. The monoisotopic (exact) mass is 296 g/mol. The molecule has 19 heavy (non-hydrogen) atoms. The summed E-state index contributed by atoms with van der Waals surface area (Å²) < 4.78 is 54.1. The number of aryl methyl sites for hydroxylation is 1. The van der Waals surface area contributed by atoms with Gasteiger partial charge in [-0.3, -0.25) is 0 Å². The van der Waals surface area contributed by atoms with Crippen molar-refractivity contribution in [3.63, 3.8) is 0 Å². The third-order valence-corrected chi connectivity index (χ3v) is 3.20. The molecule has 0 saturated heterocycles. The molecular formula is C11H12F4N2OS. The number of H-pyrrole nitrogens is 1. The van der Waals surface area contributed by atoms with E-state index >= 15 is 0 Å². The maximum absolute atomic E-state index is 12.6. The molecule has 0 saturated carbocycles. The van der Waals surface area contributed by atoms with Gasteiger partial charge >= 0.3 is 12.3 Å². The fourth-order valence-electron chi connectivity index (χ4n) is 1.92. The minimum Gasteiger partial charge on any atom is -0.367 e. The van der Waals surface area contributed by atoms with Gasteiger partial charge in [0.2, 0.25) is 0 Å². The molecule has 0 fully saturated rings. The van der Waals surface area contributed by atoms with Gasteiger partial charge in [-0.2, -0.15) is 8.78 Å². The Hall–Kier alpha value is -1.02. The van der Waals surface area contributed by atoms with E-state index in [0.717, 1.165) is 30.5 Å². The molecule has 0 radical (unpaired) electrons. The van der Waals surface area contributed by atoms with Crippen LogP contribution in [-0.2, 0) is 24.2 Å². The van der Waals surface area contributed by atoms with E-state index in [2.05, 4.69) is 14.7 Å². The first kappa shape index (κ1) is 14.4. The fourth-order valence-corrected chi connectivity index (χ4v) is 2.26. The van der Waals surface area contributed by atoms with E-state index in [1.807, 2.05) is 0 Å². The maximum atomic E-state index is 12.6. The van der Waals surface area contributed by atoms with Gasteiger partial charge in [0.25, 0.3) is 0 Å². The Labute approximate surface area is 112 Å².